The number of nitrogens with one attached hydrogen (secondary N) is 1. The van der Waals surface area contributed by atoms with E-state index in [2.05, 4.69) is 32.2 Å². The van der Waals surface area contributed by atoms with Gasteiger partial charge in [-0.05, 0) is 42.9 Å². The van der Waals surface area contributed by atoms with Gasteiger partial charge < -0.3 is 10.1 Å². The summed E-state index contributed by atoms with van der Waals surface area (Å²) in [6, 6.07) is 16.2. The fourth-order valence-corrected chi connectivity index (χ4v) is 3.21. The summed E-state index contributed by atoms with van der Waals surface area (Å²) in [7, 11) is 0. The predicted molar refractivity (Wildman–Crippen MR) is 109 cm³/mol. The van der Waals surface area contributed by atoms with Gasteiger partial charge in [0.25, 0.3) is 0 Å². The highest BCUT2D eigenvalue weighted by Crippen LogP contribution is 2.14. The van der Waals surface area contributed by atoms with E-state index >= 15 is 0 Å². The lowest BCUT2D eigenvalue weighted by Crippen LogP contribution is -2.42. The van der Waals surface area contributed by atoms with Crippen LogP contribution in [0.1, 0.15) is 12.0 Å². The van der Waals surface area contributed by atoms with Gasteiger partial charge in [-0.25, -0.2) is 4.98 Å². The van der Waals surface area contributed by atoms with Crippen LogP contribution >= 0.6 is 12.2 Å². The molecule has 5 nitrogen and oxygen atoms in total. The standard InChI is InChI=1S/C20H26N4OS/c26-20(22-11-6-12-23-13-15-25-16-14-23)24(19-9-4-5-10-21-19)17-18-7-2-1-3-8-18/h1-5,7-10H,6,11-17H2,(H,22,26). The van der Waals surface area contributed by atoms with Crippen molar-refractivity contribution in [1.82, 2.24) is 15.2 Å². The molecule has 0 radical (unpaired) electrons. The van der Waals surface area contributed by atoms with Crippen LogP contribution in [0.3, 0.4) is 0 Å². The molecule has 0 atom stereocenters. The number of thiocarbonyl (C=S) groups is 1. The van der Waals surface area contributed by atoms with Gasteiger partial charge in [0.1, 0.15) is 5.82 Å². The average Bonchev–Trinajstić information content (AvgIpc) is 2.71. The van der Waals surface area contributed by atoms with Crippen molar-refractivity contribution in [2.75, 3.05) is 44.3 Å². The first-order valence-electron chi connectivity index (χ1n) is 9.13. The molecular formula is C20H26N4OS. The first-order chi connectivity index (χ1) is 12.8. The first kappa shape index (κ1) is 18.8. The number of aromatic nitrogens is 1. The number of ether oxygens (including phenoxy) is 1. The fraction of sp³-hybridized carbons (Fsp3) is 0.400. The Bertz CT molecular complexity index is 662. The van der Waals surface area contributed by atoms with Crippen LogP contribution in [0.2, 0.25) is 0 Å². The zero-order chi connectivity index (χ0) is 18.0. The molecule has 1 aliphatic heterocycles. The van der Waals surface area contributed by atoms with Crippen LogP contribution in [-0.4, -0.2) is 54.4 Å². The van der Waals surface area contributed by atoms with Crippen molar-refractivity contribution in [3.05, 3.63) is 60.3 Å². The van der Waals surface area contributed by atoms with Crippen molar-refractivity contribution in [2.24, 2.45) is 0 Å². The van der Waals surface area contributed by atoms with E-state index in [4.69, 9.17) is 17.0 Å². The van der Waals surface area contributed by atoms with Gasteiger partial charge in [0.2, 0.25) is 0 Å². The maximum absolute atomic E-state index is 5.67. The normalized spacial score (nSPS) is 14.8. The van der Waals surface area contributed by atoms with Crippen LogP contribution in [0.25, 0.3) is 0 Å². The SMILES string of the molecule is S=C(NCCCN1CCOCC1)N(Cc1ccccc1)c1ccccn1. The zero-order valence-electron chi connectivity index (χ0n) is 15.0. The summed E-state index contributed by atoms with van der Waals surface area (Å²) in [5, 5.41) is 4.12. The zero-order valence-corrected chi connectivity index (χ0v) is 15.8. The second-order valence-corrected chi connectivity index (χ2v) is 6.69. The molecule has 1 saturated heterocycles. The molecule has 0 aliphatic carbocycles. The number of rotatable bonds is 7. The summed E-state index contributed by atoms with van der Waals surface area (Å²) in [6.45, 7) is 6.37. The Hall–Kier alpha value is -2.02. The quantitative estimate of drug-likeness (QED) is 0.597. The van der Waals surface area contributed by atoms with Crippen molar-refractivity contribution in [2.45, 2.75) is 13.0 Å². The van der Waals surface area contributed by atoms with E-state index in [1.165, 1.54) is 5.56 Å². The molecule has 2 aromatic rings. The highest BCUT2D eigenvalue weighted by molar-refractivity contribution is 7.80. The maximum atomic E-state index is 5.67. The molecule has 138 valence electrons. The third kappa shape index (κ3) is 5.76. The third-order valence-electron chi connectivity index (χ3n) is 4.39. The molecule has 0 amide bonds. The van der Waals surface area contributed by atoms with E-state index < -0.39 is 0 Å². The molecule has 6 heteroatoms. The minimum atomic E-state index is 0.702. The van der Waals surface area contributed by atoms with Crippen LogP contribution < -0.4 is 10.2 Å². The molecule has 2 heterocycles. The van der Waals surface area contributed by atoms with Crippen LogP contribution in [0.15, 0.2) is 54.7 Å². The van der Waals surface area contributed by atoms with Gasteiger partial charge in [0.05, 0.1) is 19.8 Å². The molecule has 0 bridgehead atoms. The molecule has 0 unspecified atom stereocenters. The lowest BCUT2D eigenvalue weighted by molar-refractivity contribution is 0.0376. The Morgan fingerprint density at radius 3 is 2.62 bits per heavy atom. The third-order valence-corrected chi connectivity index (χ3v) is 4.75. The molecule has 3 rings (SSSR count). The summed E-state index contributed by atoms with van der Waals surface area (Å²) >= 11 is 5.67. The Morgan fingerprint density at radius 2 is 1.88 bits per heavy atom. The van der Waals surface area contributed by atoms with Crippen LogP contribution in [0, 0.1) is 0 Å². The minimum absolute atomic E-state index is 0.702. The van der Waals surface area contributed by atoms with Gasteiger partial charge in [-0.15, -0.1) is 0 Å². The summed E-state index contributed by atoms with van der Waals surface area (Å²) in [5.74, 6) is 0.863. The molecule has 0 spiro atoms. The topological polar surface area (TPSA) is 40.6 Å². The van der Waals surface area contributed by atoms with Gasteiger partial charge >= 0.3 is 0 Å². The van der Waals surface area contributed by atoms with Crippen molar-refractivity contribution in [1.29, 1.82) is 0 Å². The van der Waals surface area contributed by atoms with Crippen molar-refractivity contribution in [3.8, 4) is 0 Å². The van der Waals surface area contributed by atoms with Crippen LogP contribution in [0.5, 0.6) is 0 Å². The average molecular weight is 371 g/mol. The van der Waals surface area contributed by atoms with Gasteiger partial charge in [0, 0.05) is 25.8 Å². The largest absolute Gasteiger partial charge is 0.379 e. The highest BCUT2D eigenvalue weighted by atomic mass is 32.1. The maximum Gasteiger partial charge on any atom is 0.174 e. The number of pyridine rings is 1. The molecule has 1 aromatic carbocycles. The molecule has 1 aliphatic rings. The molecule has 26 heavy (non-hydrogen) atoms. The van der Waals surface area contributed by atoms with Crippen molar-refractivity contribution in [3.63, 3.8) is 0 Å². The number of anilines is 1. The van der Waals surface area contributed by atoms with Crippen molar-refractivity contribution >= 4 is 23.1 Å². The summed E-state index contributed by atoms with van der Waals surface area (Å²) in [6.07, 6.45) is 2.86. The van der Waals surface area contributed by atoms with Gasteiger partial charge in [-0.2, -0.15) is 0 Å². The lowest BCUT2D eigenvalue weighted by Gasteiger charge is -2.27. The second kappa shape index (κ2) is 10.2. The van der Waals surface area contributed by atoms with Gasteiger partial charge in [-0.1, -0.05) is 36.4 Å². The molecular weight excluding hydrogens is 344 g/mol. The lowest BCUT2D eigenvalue weighted by atomic mass is 10.2. The van der Waals surface area contributed by atoms with Crippen molar-refractivity contribution < 1.29 is 4.74 Å². The molecule has 1 fully saturated rings. The van der Waals surface area contributed by atoms with E-state index in [0.717, 1.165) is 56.7 Å². The fourth-order valence-electron chi connectivity index (χ4n) is 2.95. The number of hydrogen-bond donors (Lipinski definition) is 1. The van der Waals surface area contributed by atoms with Crippen LogP contribution in [0.4, 0.5) is 5.82 Å². The minimum Gasteiger partial charge on any atom is -0.379 e. The first-order valence-corrected chi connectivity index (χ1v) is 9.54. The Balaban J connectivity index is 1.54. The van der Waals surface area contributed by atoms with E-state index in [9.17, 15) is 0 Å². The van der Waals surface area contributed by atoms with E-state index in [1.807, 2.05) is 36.4 Å². The van der Waals surface area contributed by atoms with E-state index in [1.54, 1.807) is 6.20 Å². The number of nitrogens with zero attached hydrogens (tertiary/aromatic N) is 3. The highest BCUT2D eigenvalue weighted by Gasteiger charge is 2.14. The second-order valence-electron chi connectivity index (χ2n) is 6.30. The van der Waals surface area contributed by atoms with Gasteiger partial charge in [0.15, 0.2) is 5.11 Å². The molecule has 1 aromatic heterocycles. The Labute approximate surface area is 161 Å². The molecule has 1 N–H and O–H groups in total. The summed E-state index contributed by atoms with van der Waals surface area (Å²) in [4.78, 5) is 8.97. The van der Waals surface area contributed by atoms with Gasteiger partial charge in [-0.3, -0.25) is 9.80 Å². The number of benzene rings is 1. The molecule has 0 saturated carbocycles. The smallest absolute Gasteiger partial charge is 0.174 e. The Morgan fingerprint density at radius 1 is 1.12 bits per heavy atom. The summed E-state index contributed by atoms with van der Waals surface area (Å²) in [5.41, 5.74) is 1.20. The number of morpholine rings is 1. The van der Waals surface area contributed by atoms with E-state index in [0.29, 0.717) is 6.54 Å². The van der Waals surface area contributed by atoms with Crippen LogP contribution in [-0.2, 0) is 11.3 Å². The predicted octanol–water partition coefficient (Wildman–Crippen LogP) is 2.69. The Kier molecular flexibility index (Phi) is 7.37. The van der Waals surface area contributed by atoms with E-state index in [-0.39, 0.29) is 0 Å². The monoisotopic (exact) mass is 370 g/mol. The number of hydrogen-bond acceptors (Lipinski definition) is 4. The summed E-state index contributed by atoms with van der Waals surface area (Å²) < 4.78 is 5.39.